The van der Waals surface area contributed by atoms with E-state index >= 15 is 0 Å². The second kappa shape index (κ2) is 24.0. The SMILES string of the molecule is Cc1ncsc1-c1ccc(CNC(=O)[C@@H]2C[C@@H](O)CN2C(=O)[C@@H](NC(=O)COCCOCCOCCN(C)CCCCC[C@@H]2Cc3cc(O)ccc3[C@H]3CC[C@]4(C)[C@@H](O)CC[C@H]4[C@H]23)C(C)(C)C)cc1. The highest BCUT2D eigenvalue weighted by atomic mass is 32.1. The van der Waals surface area contributed by atoms with E-state index in [0.717, 1.165) is 73.3 Å². The van der Waals surface area contributed by atoms with Gasteiger partial charge in [0.05, 0.1) is 61.3 Å². The number of aryl methyl sites for hydroxylation is 1. The second-order valence-electron chi connectivity index (χ2n) is 21.6. The summed E-state index contributed by atoms with van der Waals surface area (Å²) in [6.45, 7) is 13.7. The monoisotopic (exact) mass is 974 g/mol. The number of fused-ring (bicyclic) bond motifs is 5. The number of benzene rings is 2. The molecule has 9 atom stereocenters. The maximum absolute atomic E-state index is 14.0. The van der Waals surface area contributed by atoms with Gasteiger partial charge in [0.1, 0.15) is 24.4 Å². The van der Waals surface area contributed by atoms with Gasteiger partial charge < -0.3 is 50.0 Å². The minimum Gasteiger partial charge on any atom is -0.508 e. The second-order valence-corrected chi connectivity index (χ2v) is 22.5. The molecule has 2 heterocycles. The number of likely N-dealkylation sites (N-methyl/N-ethyl adjacent to an activating group) is 1. The van der Waals surface area contributed by atoms with Crippen LogP contribution in [0.1, 0.15) is 114 Å². The van der Waals surface area contributed by atoms with Crippen LogP contribution in [0.5, 0.6) is 5.75 Å². The summed E-state index contributed by atoms with van der Waals surface area (Å²) in [5.74, 6) is 1.45. The van der Waals surface area contributed by atoms with Crippen LogP contribution in [0.25, 0.3) is 10.4 Å². The number of hydrogen-bond donors (Lipinski definition) is 5. The van der Waals surface area contributed by atoms with E-state index in [1.165, 1.54) is 35.3 Å². The highest BCUT2D eigenvalue weighted by molar-refractivity contribution is 7.13. The molecule has 3 fully saturated rings. The Morgan fingerprint density at radius 2 is 1.70 bits per heavy atom. The molecule has 380 valence electrons. The number of thiazole rings is 1. The Kier molecular flexibility index (Phi) is 18.4. The number of hydrogen-bond acceptors (Lipinski definition) is 12. The van der Waals surface area contributed by atoms with Crippen LogP contribution in [0.2, 0.25) is 0 Å². The molecule has 0 bridgehead atoms. The van der Waals surface area contributed by atoms with Crippen molar-refractivity contribution in [3.8, 4) is 16.2 Å². The largest absolute Gasteiger partial charge is 0.508 e. The Morgan fingerprint density at radius 3 is 2.42 bits per heavy atom. The molecule has 5 N–H and O–H groups in total. The molecule has 15 heteroatoms. The number of carbonyl (C=O) groups excluding carboxylic acids is 3. The first-order valence-corrected chi connectivity index (χ1v) is 26.4. The Morgan fingerprint density at radius 1 is 0.957 bits per heavy atom. The summed E-state index contributed by atoms with van der Waals surface area (Å²) in [6, 6.07) is 12.1. The van der Waals surface area contributed by atoms with Crippen molar-refractivity contribution in [1.29, 1.82) is 0 Å². The first kappa shape index (κ1) is 52.9. The predicted octanol–water partition coefficient (Wildman–Crippen LogP) is 6.62. The molecule has 2 saturated carbocycles. The number of aliphatic hydroxyl groups excluding tert-OH is 2. The van der Waals surface area contributed by atoms with Gasteiger partial charge in [-0.05, 0) is 134 Å². The molecule has 3 aromatic rings. The zero-order valence-corrected chi connectivity index (χ0v) is 42.7. The number of likely N-dealkylation sites (tertiary alicyclic amines) is 1. The van der Waals surface area contributed by atoms with Gasteiger partial charge in [0.15, 0.2) is 0 Å². The molecule has 4 aliphatic rings. The molecule has 1 saturated heterocycles. The zero-order valence-electron chi connectivity index (χ0n) is 41.9. The maximum Gasteiger partial charge on any atom is 0.246 e. The topological polar surface area (TPSA) is 183 Å². The van der Waals surface area contributed by atoms with Crippen LogP contribution in [0.15, 0.2) is 48.0 Å². The van der Waals surface area contributed by atoms with Crippen LogP contribution in [0, 0.1) is 35.5 Å². The number of carbonyl (C=O) groups is 3. The van der Waals surface area contributed by atoms with Crippen molar-refractivity contribution < 1.29 is 43.9 Å². The molecule has 3 aliphatic carbocycles. The van der Waals surface area contributed by atoms with Gasteiger partial charge >= 0.3 is 0 Å². The van der Waals surface area contributed by atoms with Gasteiger partial charge in [-0.2, -0.15) is 0 Å². The van der Waals surface area contributed by atoms with Gasteiger partial charge in [-0.3, -0.25) is 14.4 Å². The summed E-state index contributed by atoms with van der Waals surface area (Å²) in [7, 11) is 2.14. The first-order chi connectivity index (χ1) is 33.0. The van der Waals surface area contributed by atoms with Crippen molar-refractivity contribution in [2.24, 2.45) is 28.6 Å². The van der Waals surface area contributed by atoms with Crippen LogP contribution in [0.4, 0.5) is 0 Å². The lowest BCUT2D eigenvalue weighted by molar-refractivity contribution is -0.144. The average molecular weight is 974 g/mol. The number of aromatic hydroxyl groups is 1. The molecule has 3 amide bonds. The van der Waals surface area contributed by atoms with Crippen molar-refractivity contribution in [2.45, 2.75) is 136 Å². The molecule has 0 unspecified atom stereocenters. The average Bonchev–Trinajstić information content (AvgIpc) is 4.02. The fourth-order valence-corrected chi connectivity index (χ4v) is 12.7. The molecular weight excluding hydrogens is 895 g/mol. The summed E-state index contributed by atoms with van der Waals surface area (Å²) >= 11 is 1.58. The molecule has 1 aromatic heterocycles. The number of unbranched alkanes of at least 4 members (excludes halogenated alkanes) is 2. The van der Waals surface area contributed by atoms with Gasteiger partial charge in [0.25, 0.3) is 0 Å². The smallest absolute Gasteiger partial charge is 0.246 e. The summed E-state index contributed by atoms with van der Waals surface area (Å²) in [5, 5.41) is 37.6. The van der Waals surface area contributed by atoms with Gasteiger partial charge in [-0.15, -0.1) is 11.3 Å². The van der Waals surface area contributed by atoms with Crippen LogP contribution in [0.3, 0.4) is 0 Å². The standard InChI is InChI=1S/C54H79N5O9S/c1-35-49(69-34-56-35)37-13-11-36(12-14-37)31-55-51(64)45-30-41(61)32-59(45)52(65)50(53(2,3)4)57-47(63)33-68-27-26-67-25-24-66-23-22-58(6)21-9-7-8-10-38-28-39-29-40(60)15-16-42(39)43-19-20-54(5)44(48(38)43)17-18-46(54)62/h11-16,29,34,38,41,43-46,48,50,60-62H,7-10,17-28,30-33H2,1-6H3,(H,55,64)(H,57,63)/t38-,41-,43-,44+,45+,46+,48-,50-,54+/m1/s1. The molecule has 2 aromatic carbocycles. The van der Waals surface area contributed by atoms with Gasteiger partial charge in [0.2, 0.25) is 17.7 Å². The van der Waals surface area contributed by atoms with E-state index in [1.54, 1.807) is 11.3 Å². The number of amides is 3. The molecule has 7 rings (SSSR count). The Bertz CT molecular complexity index is 2160. The number of aliphatic hydroxyl groups is 2. The van der Waals surface area contributed by atoms with Crippen LogP contribution < -0.4 is 10.6 Å². The number of ether oxygens (including phenoxy) is 3. The number of phenols is 1. The van der Waals surface area contributed by atoms with Crippen molar-refractivity contribution in [3.63, 3.8) is 0 Å². The lowest BCUT2D eigenvalue weighted by Gasteiger charge is -2.53. The van der Waals surface area contributed by atoms with E-state index in [4.69, 9.17) is 14.2 Å². The van der Waals surface area contributed by atoms with Gasteiger partial charge in [-0.1, -0.05) is 70.9 Å². The highest BCUT2D eigenvalue weighted by Gasteiger charge is 2.56. The lowest BCUT2D eigenvalue weighted by Crippen LogP contribution is -2.58. The van der Waals surface area contributed by atoms with Crippen molar-refractivity contribution in [2.75, 3.05) is 66.3 Å². The minimum atomic E-state index is -0.946. The number of β-amino-alcohol motifs (C(OH)–C–C–N with tert-alkyl or cyclic N) is 1. The Balaban J connectivity index is 0.733. The highest BCUT2D eigenvalue weighted by Crippen LogP contribution is 2.62. The quantitative estimate of drug-likeness (QED) is 0.0645. The Labute approximate surface area is 413 Å². The third-order valence-electron chi connectivity index (χ3n) is 15.8. The van der Waals surface area contributed by atoms with Gasteiger partial charge in [-0.25, -0.2) is 4.98 Å². The normalized spacial score (nSPS) is 25.8. The number of phenolic OH excluding ortho intramolecular Hbond substituents is 1. The predicted molar refractivity (Wildman–Crippen MR) is 268 cm³/mol. The molecule has 14 nitrogen and oxygen atoms in total. The zero-order chi connectivity index (χ0) is 49.3. The van der Waals surface area contributed by atoms with Crippen LogP contribution >= 0.6 is 11.3 Å². The molecule has 69 heavy (non-hydrogen) atoms. The van der Waals surface area contributed by atoms with E-state index in [0.29, 0.717) is 49.2 Å². The van der Waals surface area contributed by atoms with Gasteiger partial charge in [0, 0.05) is 26.1 Å². The molecule has 0 radical (unpaired) electrons. The summed E-state index contributed by atoms with van der Waals surface area (Å²) < 4.78 is 17.1. The van der Waals surface area contributed by atoms with Crippen molar-refractivity contribution >= 4 is 29.1 Å². The molecule has 0 spiro atoms. The minimum absolute atomic E-state index is 0.00280. The Hall–Kier alpha value is -3.96. The lowest BCUT2D eigenvalue weighted by atomic mass is 9.52. The third kappa shape index (κ3) is 13.3. The van der Waals surface area contributed by atoms with E-state index in [9.17, 15) is 29.7 Å². The van der Waals surface area contributed by atoms with Crippen molar-refractivity contribution in [1.82, 2.24) is 25.4 Å². The number of aromatic nitrogens is 1. The number of nitrogens with one attached hydrogen (secondary N) is 2. The number of nitrogens with zero attached hydrogens (tertiary/aromatic N) is 3. The van der Waals surface area contributed by atoms with Crippen LogP contribution in [-0.4, -0.2) is 138 Å². The summed E-state index contributed by atoms with van der Waals surface area (Å²) in [4.78, 5) is 49.5. The molecule has 1 aliphatic heterocycles. The molecular formula is C54H79N5O9S. The summed E-state index contributed by atoms with van der Waals surface area (Å²) in [6.07, 6.45) is 9.10. The first-order valence-electron chi connectivity index (χ1n) is 25.5. The van der Waals surface area contributed by atoms with Crippen molar-refractivity contribution in [3.05, 3.63) is 70.4 Å². The van der Waals surface area contributed by atoms with E-state index in [-0.39, 0.29) is 56.8 Å². The summed E-state index contributed by atoms with van der Waals surface area (Å²) in [5.41, 5.74) is 6.88. The fourth-order valence-electron chi connectivity index (χ4n) is 11.9. The fraction of sp³-hybridized carbons (Fsp3) is 0.667. The maximum atomic E-state index is 14.0. The van der Waals surface area contributed by atoms with E-state index < -0.39 is 35.4 Å². The third-order valence-corrected chi connectivity index (χ3v) is 16.7. The van der Waals surface area contributed by atoms with E-state index in [2.05, 4.69) is 40.6 Å². The number of rotatable bonds is 23. The van der Waals surface area contributed by atoms with E-state index in [1.807, 2.05) is 69.6 Å². The van der Waals surface area contributed by atoms with Crippen LogP contribution in [-0.2, 0) is 41.6 Å².